The van der Waals surface area contributed by atoms with Crippen LogP contribution in [0.15, 0.2) is 18.2 Å². The molecule has 1 aromatic rings. The van der Waals surface area contributed by atoms with Crippen molar-refractivity contribution in [3.63, 3.8) is 0 Å². The number of hydrogen-bond donors (Lipinski definition) is 1. The van der Waals surface area contributed by atoms with Crippen LogP contribution in [0.2, 0.25) is 10.0 Å². The van der Waals surface area contributed by atoms with Gasteiger partial charge in [0.15, 0.2) is 0 Å². The van der Waals surface area contributed by atoms with Gasteiger partial charge < -0.3 is 5.32 Å². The predicted octanol–water partition coefficient (Wildman–Crippen LogP) is 2.08. The molecule has 1 aliphatic heterocycles. The Balaban J connectivity index is 2.01. The summed E-state index contributed by atoms with van der Waals surface area (Å²) >= 11 is 11.6. The van der Waals surface area contributed by atoms with E-state index < -0.39 is 5.91 Å². The molecule has 0 unspecified atom stereocenters. The third-order valence-electron chi connectivity index (χ3n) is 2.66. The smallest absolute Gasteiger partial charge is 0.244 e. The minimum atomic E-state index is -0.479. The summed E-state index contributed by atoms with van der Waals surface area (Å²) in [7, 11) is 0. The van der Waals surface area contributed by atoms with Crippen molar-refractivity contribution in [2.75, 3.05) is 11.9 Å². The number of nitrogens with zero attached hydrogens (tertiary/aromatic N) is 1. The Morgan fingerprint density at radius 2 is 1.84 bits per heavy atom. The van der Waals surface area contributed by atoms with Gasteiger partial charge in [-0.2, -0.15) is 0 Å². The van der Waals surface area contributed by atoms with Crippen molar-refractivity contribution in [2.45, 2.75) is 12.8 Å². The van der Waals surface area contributed by atoms with E-state index in [1.54, 1.807) is 12.1 Å². The summed E-state index contributed by atoms with van der Waals surface area (Å²) in [4.78, 5) is 35.4. The van der Waals surface area contributed by atoms with E-state index in [4.69, 9.17) is 23.2 Å². The van der Waals surface area contributed by atoms with Crippen molar-refractivity contribution in [3.8, 4) is 0 Å². The number of imide groups is 1. The summed E-state index contributed by atoms with van der Waals surface area (Å²) in [6.45, 7) is -0.295. The Hall–Kier alpha value is -1.59. The quantitative estimate of drug-likeness (QED) is 0.869. The zero-order valence-electron chi connectivity index (χ0n) is 9.78. The molecule has 19 heavy (non-hydrogen) atoms. The highest BCUT2D eigenvalue weighted by Crippen LogP contribution is 2.25. The number of carbonyl (C=O) groups excluding carboxylic acids is 3. The Morgan fingerprint density at radius 1 is 1.21 bits per heavy atom. The van der Waals surface area contributed by atoms with E-state index in [0.717, 1.165) is 4.90 Å². The van der Waals surface area contributed by atoms with Gasteiger partial charge in [-0.25, -0.2) is 0 Å². The molecule has 0 spiro atoms. The topological polar surface area (TPSA) is 66.5 Å². The Kier molecular flexibility index (Phi) is 4.07. The monoisotopic (exact) mass is 300 g/mol. The molecular formula is C12H10Cl2N2O3. The number of halogens is 2. The van der Waals surface area contributed by atoms with Crippen LogP contribution in [0.5, 0.6) is 0 Å². The third kappa shape index (κ3) is 3.24. The van der Waals surface area contributed by atoms with E-state index in [1.807, 2.05) is 0 Å². The zero-order chi connectivity index (χ0) is 14.0. The molecule has 0 saturated carbocycles. The first-order chi connectivity index (χ1) is 8.97. The lowest BCUT2D eigenvalue weighted by Crippen LogP contribution is -2.36. The van der Waals surface area contributed by atoms with E-state index >= 15 is 0 Å². The maximum absolute atomic E-state index is 11.7. The lowest BCUT2D eigenvalue weighted by molar-refractivity contribution is -0.141. The number of rotatable bonds is 3. The second-order valence-corrected chi connectivity index (χ2v) is 4.89. The molecule has 1 heterocycles. The van der Waals surface area contributed by atoms with Gasteiger partial charge in [-0.1, -0.05) is 23.2 Å². The van der Waals surface area contributed by atoms with Crippen molar-refractivity contribution in [1.29, 1.82) is 0 Å². The average Bonchev–Trinajstić information content (AvgIpc) is 2.65. The molecule has 5 nitrogen and oxygen atoms in total. The van der Waals surface area contributed by atoms with E-state index in [-0.39, 0.29) is 31.2 Å². The lowest BCUT2D eigenvalue weighted by Gasteiger charge is -2.14. The van der Waals surface area contributed by atoms with Gasteiger partial charge >= 0.3 is 0 Å². The molecule has 3 amide bonds. The Bertz CT molecular complexity index is 544. The number of amides is 3. The van der Waals surface area contributed by atoms with E-state index in [0.29, 0.717) is 15.7 Å². The molecule has 1 aliphatic rings. The number of benzene rings is 1. The fourth-order valence-electron chi connectivity index (χ4n) is 1.72. The van der Waals surface area contributed by atoms with Gasteiger partial charge in [0.25, 0.3) is 0 Å². The van der Waals surface area contributed by atoms with Crippen molar-refractivity contribution in [1.82, 2.24) is 4.90 Å². The average molecular weight is 301 g/mol. The molecule has 0 aliphatic carbocycles. The van der Waals surface area contributed by atoms with E-state index in [1.165, 1.54) is 6.07 Å². The number of nitrogens with one attached hydrogen (secondary N) is 1. The van der Waals surface area contributed by atoms with Crippen LogP contribution in [0.1, 0.15) is 12.8 Å². The number of likely N-dealkylation sites (tertiary alicyclic amines) is 1. The zero-order valence-corrected chi connectivity index (χ0v) is 11.3. The van der Waals surface area contributed by atoms with E-state index in [9.17, 15) is 14.4 Å². The normalized spacial score (nSPS) is 14.9. The Labute approximate surface area is 119 Å². The molecule has 100 valence electrons. The maximum atomic E-state index is 11.7. The molecule has 1 N–H and O–H groups in total. The molecule has 0 bridgehead atoms. The molecule has 1 aromatic carbocycles. The Morgan fingerprint density at radius 3 is 2.42 bits per heavy atom. The SMILES string of the molecule is O=C(CN1C(=O)CCC1=O)Nc1ccc(Cl)cc1Cl. The number of anilines is 1. The first kappa shape index (κ1) is 13.8. The maximum Gasteiger partial charge on any atom is 0.244 e. The molecule has 0 aromatic heterocycles. The van der Waals surface area contributed by atoms with Crippen LogP contribution in [0, 0.1) is 0 Å². The minimum Gasteiger partial charge on any atom is -0.323 e. The van der Waals surface area contributed by atoms with E-state index in [2.05, 4.69) is 5.32 Å². The first-order valence-corrected chi connectivity index (χ1v) is 6.31. The molecule has 2 rings (SSSR count). The highest BCUT2D eigenvalue weighted by atomic mass is 35.5. The third-order valence-corrected chi connectivity index (χ3v) is 3.21. The predicted molar refractivity (Wildman–Crippen MR) is 71.0 cm³/mol. The van der Waals surface area contributed by atoms with Gasteiger partial charge in [-0.05, 0) is 18.2 Å². The standard InChI is InChI=1S/C12H10Cl2N2O3/c13-7-1-2-9(8(14)5-7)15-10(17)6-16-11(18)3-4-12(16)19/h1-2,5H,3-4,6H2,(H,15,17). The fraction of sp³-hybridized carbons (Fsp3) is 0.250. The molecular weight excluding hydrogens is 291 g/mol. The fourth-order valence-corrected chi connectivity index (χ4v) is 2.18. The van der Waals surface area contributed by atoms with Crippen molar-refractivity contribution >= 4 is 46.6 Å². The molecule has 7 heteroatoms. The molecule has 0 atom stereocenters. The molecule has 1 fully saturated rings. The van der Waals surface area contributed by atoms with Gasteiger partial charge in [0.2, 0.25) is 17.7 Å². The highest BCUT2D eigenvalue weighted by Gasteiger charge is 2.30. The van der Waals surface area contributed by atoms with Crippen molar-refractivity contribution < 1.29 is 14.4 Å². The first-order valence-electron chi connectivity index (χ1n) is 5.55. The summed E-state index contributed by atoms with van der Waals surface area (Å²) in [6, 6.07) is 4.62. The van der Waals surface area contributed by atoms with Gasteiger partial charge in [-0.3, -0.25) is 19.3 Å². The van der Waals surface area contributed by atoms with Gasteiger partial charge in [0, 0.05) is 17.9 Å². The van der Waals surface area contributed by atoms with Gasteiger partial charge in [0.1, 0.15) is 6.54 Å². The molecule has 0 radical (unpaired) electrons. The number of carbonyl (C=O) groups is 3. The van der Waals surface area contributed by atoms with Gasteiger partial charge in [0.05, 0.1) is 10.7 Å². The molecule has 1 saturated heterocycles. The van der Waals surface area contributed by atoms with Crippen LogP contribution in [-0.4, -0.2) is 29.2 Å². The summed E-state index contributed by atoms with van der Waals surface area (Å²) in [6.07, 6.45) is 0.321. The van der Waals surface area contributed by atoms with Crippen LogP contribution in [0.4, 0.5) is 5.69 Å². The minimum absolute atomic E-state index is 0.161. The highest BCUT2D eigenvalue weighted by molar-refractivity contribution is 6.36. The number of hydrogen-bond acceptors (Lipinski definition) is 3. The summed E-state index contributed by atoms with van der Waals surface area (Å²) in [5.74, 6) is -1.14. The van der Waals surface area contributed by atoms with Crippen LogP contribution in [-0.2, 0) is 14.4 Å². The van der Waals surface area contributed by atoms with Gasteiger partial charge in [-0.15, -0.1) is 0 Å². The largest absolute Gasteiger partial charge is 0.323 e. The van der Waals surface area contributed by atoms with Crippen LogP contribution in [0.3, 0.4) is 0 Å². The lowest BCUT2D eigenvalue weighted by atomic mass is 10.3. The summed E-state index contributed by atoms with van der Waals surface area (Å²) in [5.41, 5.74) is 0.384. The van der Waals surface area contributed by atoms with Crippen LogP contribution >= 0.6 is 23.2 Å². The second-order valence-electron chi connectivity index (χ2n) is 4.05. The van der Waals surface area contributed by atoms with Crippen molar-refractivity contribution in [2.24, 2.45) is 0 Å². The van der Waals surface area contributed by atoms with Crippen molar-refractivity contribution in [3.05, 3.63) is 28.2 Å². The summed E-state index contributed by atoms with van der Waals surface area (Å²) < 4.78 is 0. The second kappa shape index (κ2) is 5.59. The summed E-state index contributed by atoms with van der Waals surface area (Å²) in [5, 5.41) is 3.27. The van der Waals surface area contributed by atoms with Crippen LogP contribution < -0.4 is 5.32 Å². The van der Waals surface area contributed by atoms with Crippen LogP contribution in [0.25, 0.3) is 0 Å².